The van der Waals surface area contributed by atoms with Gasteiger partial charge in [0, 0.05) is 10.6 Å². The molecule has 0 aliphatic heterocycles. The van der Waals surface area contributed by atoms with E-state index in [2.05, 4.69) is 48.1 Å². The molecule has 1 aromatic heterocycles. The van der Waals surface area contributed by atoms with Crippen LogP contribution in [0.1, 0.15) is 41.6 Å². The van der Waals surface area contributed by atoms with Crippen molar-refractivity contribution in [1.29, 1.82) is 0 Å². The van der Waals surface area contributed by atoms with Crippen LogP contribution in [-0.4, -0.2) is 6.54 Å². The van der Waals surface area contributed by atoms with Gasteiger partial charge in [-0.15, -0.1) is 0 Å². The number of benzene rings is 1. The topological polar surface area (TPSA) is 25.2 Å². The molecule has 20 heavy (non-hydrogen) atoms. The Bertz CT molecular complexity index is 594. The molecule has 0 fully saturated rings. The zero-order chi connectivity index (χ0) is 14.7. The number of aryl methyl sites for hydroxylation is 2. The second-order valence-electron chi connectivity index (χ2n) is 4.99. The number of halogens is 2. The zero-order valence-electron chi connectivity index (χ0n) is 12.0. The highest BCUT2D eigenvalue weighted by atomic mass is 79.9. The molecule has 1 aromatic carbocycles. The number of furan rings is 1. The summed E-state index contributed by atoms with van der Waals surface area (Å²) in [6, 6.07) is 6.20. The SMILES string of the molecule is CCCNC(c1cc(C)c(C)cc1Cl)c1ccoc1Br. The third-order valence-electron chi connectivity index (χ3n) is 3.48. The van der Waals surface area contributed by atoms with Gasteiger partial charge in [0.05, 0.1) is 12.3 Å². The highest BCUT2D eigenvalue weighted by Crippen LogP contribution is 2.34. The molecule has 108 valence electrons. The minimum Gasteiger partial charge on any atom is -0.457 e. The van der Waals surface area contributed by atoms with E-state index < -0.39 is 0 Å². The normalized spacial score (nSPS) is 12.7. The lowest BCUT2D eigenvalue weighted by molar-refractivity contribution is 0.523. The molecule has 0 bridgehead atoms. The first-order valence-corrected chi connectivity index (χ1v) is 7.94. The monoisotopic (exact) mass is 355 g/mol. The number of nitrogens with one attached hydrogen (secondary N) is 1. The average molecular weight is 357 g/mol. The molecule has 1 unspecified atom stereocenters. The molecule has 0 radical (unpaired) electrons. The molecule has 0 aliphatic carbocycles. The summed E-state index contributed by atoms with van der Waals surface area (Å²) < 4.78 is 6.12. The van der Waals surface area contributed by atoms with E-state index in [1.54, 1.807) is 6.26 Å². The van der Waals surface area contributed by atoms with Crippen molar-refractivity contribution >= 4 is 27.5 Å². The third-order valence-corrected chi connectivity index (χ3v) is 4.45. The van der Waals surface area contributed by atoms with Crippen molar-refractivity contribution in [3.05, 3.63) is 56.4 Å². The van der Waals surface area contributed by atoms with Crippen LogP contribution in [0.25, 0.3) is 0 Å². The molecule has 0 aliphatic rings. The largest absolute Gasteiger partial charge is 0.457 e. The van der Waals surface area contributed by atoms with Crippen LogP contribution in [0.4, 0.5) is 0 Å². The van der Waals surface area contributed by atoms with Gasteiger partial charge in [-0.2, -0.15) is 0 Å². The number of hydrogen-bond donors (Lipinski definition) is 1. The Morgan fingerprint density at radius 1 is 1.25 bits per heavy atom. The fourth-order valence-electron chi connectivity index (χ4n) is 2.21. The van der Waals surface area contributed by atoms with Gasteiger partial charge in [-0.05, 0) is 71.6 Å². The third kappa shape index (κ3) is 3.27. The average Bonchev–Trinajstić information content (AvgIpc) is 2.82. The summed E-state index contributed by atoms with van der Waals surface area (Å²) in [7, 11) is 0. The lowest BCUT2D eigenvalue weighted by Gasteiger charge is -2.21. The summed E-state index contributed by atoms with van der Waals surface area (Å²) in [5.74, 6) is 0. The molecule has 1 atom stereocenters. The van der Waals surface area contributed by atoms with E-state index in [1.807, 2.05) is 12.1 Å². The van der Waals surface area contributed by atoms with E-state index in [9.17, 15) is 0 Å². The Labute approximate surface area is 133 Å². The van der Waals surface area contributed by atoms with Crippen LogP contribution in [0.3, 0.4) is 0 Å². The Morgan fingerprint density at radius 2 is 1.95 bits per heavy atom. The quantitative estimate of drug-likeness (QED) is 0.775. The van der Waals surface area contributed by atoms with Gasteiger partial charge in [0.1, 0.15) is 0 Å². The van der Waals surface area contributed by atoms with E-state index >= 15 is 0 Å². The van der Waals surface area contributed by atoms with Crippen LogP contribution >= 0.6 is 27.5 Å². The maximum atomic E-state index is 6.46. The maximum Gasteiger partial charge on any atom is 0.174 e. The first kappa shape index (κ1) is 15.6. The summed E-state index contributed by atoms with van der Waals surface area (Å²) in [6.07, 6.45) is 2.75. The summed E-state index contributed by atoms with van der Waals surface area (Å²) in [4.78, 5) is 0. The second-order valence-corrected chi connectivity index (χ2v) is 6.12. The molecule has 2 nitrogen and oxygen atoms in total. The van der Waals surface area contributed by atoms with Gasteiger partial charge in [-0.3, -0.25) is 0 Å². The Morgan fingerprint density at radius 3 is 2.55 bits per heavy atom. The fraction of sp³-hybridized carbons (Fsp3) is 0.375. The van der Waals surface area contributed by atoms with Crippen molar-refractivity contribution in [3.63, 3.8) is 0 Å². The minimum atomic E-state index is 0.0369. The first-order valence-electron chi connectivity index (χ1n) is 6.77. The van der Waals surface area contributed by atoms with E-state index in [0.717, 1.165) is 33.8 Å². The molecule has 2 aromatic rings. The van der Waals surface area contributed by atoms with Crippen LogP contribution in [0.15, 0.2) is 33.5 Å². The van der Waals surface area contributed by atoms with Crippen molar-refractivity contribution in [2.24, 2.45) is 0 Å². The van der Waals surface area contributed by atoms with E-state index in [-0.39, 0.29) is 6.04 Å². The molecular formula is C16H19BrClNO. The first-order chi connectivity index (χ1) is 9.54. The molecular weight excluding hydrogens is 338 g/mol. The van der Waals surface area contributed by atoms with Crippen LogP contribution in [0, 0.1) is 13.8 Å². The van der Waals surface area contributed by atoms with E-state index in [4.69, 9.17) is 16.0 Å². The predicted octanol–water partition coefficient (Wildman–Crippen LogP) is 5.40. The standard InChI is InChI=1S/C16H19BrClNO/c1-4-6-19-15(12-5-7-20-16(12)17)13-8-10(2)11(3)9-14(13)18/h5,7-9,15,19H,4,6H2,1-3H3. The predicted molar refractivity (Wildman–Crippen MR) is 87.5 cm³/mol. The van der Waals surface area contributed by atoms with Crippen molar-refractivity contribution in [3.8, 4) is 0 Å². The number of hydrogen-bond acceptors (Lipinski definition) is 2. The Balaban J connectivity index is 2.46. The molecule has 0 saturated heterocycles. The Kier molecular flexibility index (Phi) is 5.30. The van der Waals surface area contributed by atoms with Crippen molar-refractivity contribution in [1.82, 2.24) is 5.32 Å². The molecule has 0 saturated carbocycles. The van der Waals surface area contributed by atoms with Crippen molar-refractivity contribution < 1.29 is 4.42 Å². The highest BCUT2D eigenvalue weighted by molar-refractivity contribution is 9.10. The minimum absolute atomic E-state index is 0.0369. The van der Waals surface area contributed by atoms with Gasteiger partial charge >= 0.3 is 0 Å². The van der Waals surface area contributed by atoms with Crippen molar-refractivity contribution in [2.45, 2.75) is 33.2 Å². The maximum absolute atomic E-state index is 6.46. The van der Waals surface area contributed by atoms with Gasteiger partial charge in [-0.25, -0.2) is 0 Å². The Hall–Kier alpha value is -0.770. The molecule has 4 heteroatoms. The van der Waals surface area contributed by atoms with Gasteiger partial charge < -0.3 is 9.73 Å². The lowest BCUT2D eigenvalue weighted by atomic mass is 9.97. The van der Waals surface area contributed by atoms with Crippen LogP contribution in [0.5, 0.6) is 0 Å². The smallest absolute Gasteiger partial charge is 0.174 e. The second kappa shape index (κ2) is 6.79. The summed E-state index contributed by atoms with van der Waals surface area (Å²) in [5, 5.41) is 4.33. The molecule has 1 heterocycles. The summed E-state index contributed by atoms with van der Waals surface area (Å²) in [5.41, 5.74) is 4.61. The van der Waals surface area contributed by atoms with Gasteiger partial charge in [0.25, 0.3) is 0 Å². The van der Waals surface area contributed by atoms with Crippen molar-refractivity contribution in [2.75, 3.05) is 6.54 Å². The van der Waals surface area contributed by atoms with Gasteiger partial charge in [-0.1, -0.05) is 24.6 Å². The molecule has 0 amide bonds. The van der Waals surface area contributed by atoms with E-state index in [0.29, 0.717) is 0 Å². The summed E-state index contributed by atoms with van der Waals surface area (Å²) in [6.45, 7) is 7.26. The van der Waals surface area contributed by atoms with E-state index in [1.165, 1.54) is 11.1 Å². The summed E-state index contributed by atoms with van der Waals surface area (Å²) >= 11 is 9.92. The van der Waals surface area contributed by atoms with Crippen LogP contribution in [-0.2, 0) is 0 Å². The van der Waals surface area contributed by atoms with Gasteiger partial charge in [0.15, 0.2) is 4.67 Å². The van der Waals surface area contributed by atoms with Crippen LogP contribution < -0.4 is 5.32 Å². The lowest BCUT2D eigenvalue weighted by Crippen LogP contribution is -2.23. The molecule has 2 rings (SSSR count). The fourth-order valence-corrected chi connectivity index (χ4v) is 3.01. The molecule has 0 spiro atoms. The van der Waals surface area contributed by atoms with Crippen LogP contribution in [0.2, 0.25) is 5.02 Å². The van der Waals surface area contributed by atoms with Gasteiger partial charge in [0.2, 0.25) is 0 Å². The number of rotatable bonds is 5. The molecule has 1 N–H and O–H groups in total. The highest BCUT2D eigenvalue weighted by Gasteiger charge is 2.21. The zero-order valence-corrected chi connectivity index (χ0v) is 14.3.